The molecule has 0 amide bonds. The number of benzene rings is 1. The predicted molar refractivity (Wildman–Crippen MR) is 73.6 cm³/mol. The number of rotatable bonds is 7. The maximum absolute atomic E-state index is 10.7. The van der Waals surface area contributed by atoms with E-state index in [9.17, 15) is 10.1 Å². The second kappa shape index (κ2) is 7.11. The molecule has 0 radical (unpaired) electrons. The summed E-state index contributed by atoms with van der Waals surface area (Å²) in [4.78, 5) is 10.3. The van der Waals surface area contributed by atoms with Crippen LogP contribution in [0.1, 0.15) is 45.2 Å². The largest absolute Gasteiger partial charge is 0.310 e. The molecule has 0 bridgehead atoms. The summed E-state index contributed by atoms with van der Waals surface area (Å²) < 4.78 is 0. The predicted octanol–water partition coefficient (Wildman–Crippen LogP) is 3.68. The van der Waals surface area contributed by atoms with Crippen molar-refractivity contribution >= 4 is 5.69 Å². The Kier molecular flexibility index (Phi) is 5.78. The topological polar surface area (TPSA) is 55.2 Å². The molecular weight excluding hydrogens is 228 g/mol. The second-order valence-electron chi connectivity index (χ2n) is 5.06. The fourth-order valence-electron chi connectivity index (χ4n) is 1.85. The molecule has 1 atom stereocenters. The van der Waals surface area contributed by atoms with E-state index in [0.717, 1.165) is 24.4 Å². The highest BCUT2D eigenvalue weighted by molar-refractivity contribution is 5.35. The van der Waals surface area contributed by atoms with E-state index in [-0.39, 0.29) is 16.7 Å². The van der Waals surface area contributed by atoms with Crippen LogP contribution in [-0.2, 0) is 0 Å². The number of non-ortho nitro benzene ring substituents is 1. The standard InChI is InChI=1S/C14H22N2O2/c1-11(2)6-5-9-15-12(3)13-7-4-8-14(10-13)16(17)18/h4,7-8,10-12,15H,5-6,9H2,1-3H3. The first-order valence-corrected chi connectivity index (χ1v) is 6.48. The fourth-order valence-corrected chi connectivity index (χ4v) is 1.85. The monoisotopic (exact) mass is 250 g/mol. The van der Waals surface area contributed by atoms with E-state index in [2.05, 4.69) is 19.2 Å². The van der Waals surface area contributed by atoms with Gasteiger partial charge in [0.2, 0.25) is 0 Å². The van der Waals surface area contributed by atoms with Crippen LogP contribution in [0.5, 0.6) is 0 Å². The van der Waals surface area contributed by atoms with Gasteiger partial charge in [-0.3, -0.25) is 10.1 Å². The Morgan fingerprint density at radius 3 is 2.67 bits per heavy atom. The van der Waals surface area contributed by atoms with Crippen molar-refractivity contribution in [3.8, 4) is 0 Å². The molecule has 0 heterocycles. The zero-order chi connectivity index (χ0) is 13.5. The molecule has 0 aliphatic rings. The van der Waals surface area contributed by atoms with Crippen LogP contribution in [0, 0.1) is 16.0 Å². The zero-order valence-electron chi connectivity index (χ0n) is 11.3. The Bertz CT molecular complexity index is 391. The molecule has 4 nitrogen and oxygen atoms in total. The van der Waals surface area contributed by atoms with E-state index in [1.165, 1.54) is 12.5 Å². The Labute approximate surface area is 109 Å². The number of nitrogens with one attached hydrogen (secondary N) is 1. The lowest BCUT2D eigenvalue weighted by atomic mass is 10.1. The summed E-state index contributed by atoms with van der Waals surface area (Å²) >= 11 is 0. The number of hydrogen-bond acceptors (Lipinski definition) is 3. The van der Waals surface area contributed by atoms with Gasteiger partial charge in [-0.1, -0.05) is 26.0 Å². The highest BCUT2D eigenvalue weighted by atomic mass is 16.6. The van der Waals surface area contributed by atoms with Crippen LogP contribution < -0.4 is 5.32 Å². The highest BCUT2D eigenvalue weighted by Crippen LogP contribution is 2.18. The molecule has 18 heavy (non-hydrogen) atoms. The van der Waals surface area contributed by atoms with E-state index in [0.29, 0.717) is 0 Å². The normalized spacial score (nSPS) is 12.7. The lowest BCUT2D eigenvalue weighted by Crippen LogP contribution is -2.20. The lowest BCUT2D eigenvalue weighted by Gasteiger charge is -2.14. The molecule has 4 heteroatoms. The van der Waals surface area contributed by atoms with Crippen LogP contribution in [0.4, 0.5) is 5.69 Å². The van der Waals surface area contributed by atoms with Crippen molar-refractivity contribution in [1.82, 2.24) is 5.32 Å². The smallest absolute Gasteiger partial charge is 0.269 e. The molecule has 0 saturated carbocycles. The van der Waals surface area contributed by atoms with Gasteiger partial charge in [-0.25, -0.2) is 0 Å². The first kappa shape index (κ1) is 14.6. The van der Waals surface area contributed by atoms with Crippen molar-refractivity contribution in [2.45, 2.75) is 39.7 Å². The van der Waals surface area contributed by atoms with E-state index in [1.54, 1.807) is 12.1 Å². The van der Waals surface area contributed by atoms with Gasteiger partial charge in [0.1, 0.15) is 0 Å². The molecular formula is C14H22N2O2. The molecule has 0 aliphatic heterocycles. The third kappa shape index (κ3) is 4.84. The molecule has 0 aromatic heterocycles. The summed E-state index contributed by atoms with van der Waals surface area (Å²) in [5.74, 6) is 0.722. The van der Waals surface area contributed by atoms with Crippen molar-refractivity contribution in [2.24, 2.45) is 5.92 Å². The molecule has 1 N–H and O–H groups in total. The van der Waals surface area contributed by atoms with Gasteiger partial charge in [-0.2, -0.15) is 0 Å². The van der Waals surface area contributed by atoms with E-state index >= 15 is 0 Å². The Balaban J connectivity index is 2.48. The number of nitro groups is 1. The Morgan fingerprint density at radius 2 is 2.06 bits per heavy atom. The second-order valence-corrected chi connectivity index (χ2v) is 5.06. The number of nitrogens with zero attached hydrogens (tertiary/aromatic N) is 1. The minimum absolute atomic E-state index is 0.150. The van der Waals surface area contributed by atoms with Gasteiger partial charge in [0.15, 0.2) is 0 Å². The lowest BCUT2D eigenvalue weighted by molar-refractivity contribution is -0.384. The molecule has 1 rings (SSSR count). The van der Waals surface area contributed by atoms with Crippen LogP contribution in [0.2, 0.25) is 0 Å². The first-order valence-electron chi connectivity index (χ1n) is 6.48. The van der Waals surface area contributed by atoms with Crippen LogP contribution >= 0.6 is 0 Å². The van der Waals surface area contributed by atoms with Gasteiger partial charge in [-0.15, -0.1) is 0 Å². The number of hydrogen-bond donors (Lipinski definition) is 1. The van der Waals surface area contributed by atoms with E-state index in [1.807, 2.05) is 13.0 Å². The summed E-state index contributed by atoms with van der Waals surface area (Å²) in [6, 6.07) is 6.97. The number of nitro benzene ring substituents is 1. The molecule has 0 spiro atoms. The minimum atomic E-state index is -0.352. The van der Waals surface area contributed by atoms with Crippen LogP contribution in [-0.4, -0.2) is 11.5 Å². The average molecular weight is 250 g/mol. The van der Waals surface area contributed by atoms with Crippen molar-refractivity contribution < 1.29 is 4.92 Å². The average Bonchev–Trinajstić information content (AvgIpc) is 2.34. The Morgan fingerprint density at radius 1 is 1.33 bits per heavy atom. The summed E-state index contributed by atoms with van der Waals surface area (Å²) in [6.45, 7) is 7.41. The zero-order valence-corrected chi connectivity index (χ0v) is 11.3. The van der Waals surface area contributed by atoms with Gasteiger partial charge in [0.05, 0.1) is 4.92 Å². The van der Waals surface area contributed by atoms with Crippen molar-refractivity contribution in [3.63, 3.8) is 0 Å². The SMILES string of the molecule is CC(C)CCCNC(C)c1cccc([N+](=O)[O-])c1. The van der Waals surface area contributed by atoms with Gasteiger partial charge < -0.3 is 5.32 Å². The molecule has 0 saturated heterocycles. The summed E-state index contributed by atoms with van der Waals surface area (Å²) in [5, 5.41) is 14.1. The van der Waals surface area contributed by atoms with Gasteiger partial charge >= 0.3 is 0 Å². The maximum atomic E-state index is 10.7. The summed E-state index contributed by atoms with van der Waals surface area (Å²) in [6.07, 6.45) is 2.34. The Hall–Kier alpha value is -1.42. The van der Waals surface area contributed by atoms with Crippen LogP contribution in [0.25, 0.3) is 0 Å². The van der Waals surface area contributed by atoms with Gasteiger partial charge in [0.25, 0.3) is 5.69 Å². The van der Waals surface area contributed by atoms with Gasteiger partial charge in [-0.05, 0) is 37.8 Å². The van der Waals surface area contributed by atoms with Crippen molar-refractivity contribution in [1.29, 1.82) is 0 Å². The van der Waals surface area contributed by atoms with Gasteiger partial charge in [0, 0.05) is 18.2 Å². The maximum Gasteiger partial charge on any atom is 0.269 e. The van der Waals surface area contributed by atoms with Crippen LogP contribution in [0.15, 0.2) is 24.3 Å². The highest BCUT2D eigenvalue weighted by Gasteiger charge is 2.10. The quantitative estimate of drug-likeness (QED) is 0.456. The molecule has 1 unspecified atom stereocenters. The van der Waals surface area contributed by atoms with Crippen molar-refractivity contribution in [3.05, 3.63) is 39.9 Å². The molecule has 1 aromatic carbocycles. The van der Waals surface area contributed by atoms with E-state index < -0.39 is 0 Å². The molecule has 0 fully saturated rings. The van der Waals surface area contributed by atoms with Crippen molar-refractivity contribution in [2.75, 3.05) is 6.54 Å². The van der Waals surface area contributed by atoms with E-state index in [4.69, 9.17) is 0 Å². The molecule has 0 aliphatic carbocycles. The van der Waals surface area contributed by atoms with Crippen LogP contribution in [0.3, 0.4) is 0 Å². The minimum Gasteiger partial charge on any atom is -0.310 e. The summed E-state index contributed by atoms with van der Waals surface area (Å²) in [7, 11) is 0. The fraction of sp³-hybridized carbons (Fsp3) is 0.571. The summed E-state index contributed by atoms with van der Waals surface area (Å²) in [5.41, 5.74) is 1.12. The third-order valence-electron chi connectivity index (χ3n) is 2.99. The third-order valence-corrected chi connectivity index (χ3v) is 2.99. The first-order chi connectivity index (χ1) is 8.50. The molecule has 100 valence electrons. The molecule has 1 aromatic rings.